The molecule has 0 radical (unpaired) electrons. The summed E-state index contributed by atoms with van der Waals surface area (Å²) in [7, 11) is 0. The highest BCUT2D eigenvalue weighted by molar-refractivity contribution is 5.81. The van der Waals surface area contributed by atoms with Gasteiger partial charge in [-0.1, -0.05) is 6.08 Å². The SMILES string of the molecule is CCOC(=O)/C=C/CCc1ccoc1. The van der Waals surface area contributed by atoms with Crippen LogP contribution in [-0.4, -0.2) is 12.6 Å². The fraction of sp³-hybridized carbons (Fsp3) is 0.364. The lowest BCUT2D eigenvalue weighted by Crippen LogP contribution is -1.98. The lowest BCUT2D eigenvalue weighted by atomic mass is 10.2. The second-order valence-electron chi connectivity index (χ2n) is 2.82. The minimum atomic E-state index is -0.278. The molecule has 0 bridgehead atoms. The first-order valence-corrected chi connectivity index (χ1v) is 4.67. The van der Waals surface area contributed by atoms with E-state index in [0.29, 0.717) is 6.61 Å². The molecule has 0 spiro atoms. The van der Waals surface area contributed by atoms with E-state index in [-0.39, 0.29) is 5.97 Å². The number of hydrogen-bond donors (Lipinski definition) is 0. The molecule has 0 saturated carbocycles. The highest BCUT2D eigenvalue weighted by atomic mass is 16.5. The third-order valence-corrected chi connectivity index (χ3v) is 1.72. The van der Waals surface area contributed by atoms with Gasteiger partial charge in [0.25, 0.3) is 0 Å². The smallest absolute Gasteiger partial charge is 0.330 e. The van der Waals surface area contributed by atoms with Gasteiger partial charge in [-0.05, 0) is 31.4 Å². The van der Waals surface area contributed by atoms with Gasteiger partial charge in [-0.2, -0.15) is 0 Å². The number of aryl methyl sites for hydroxylation is 1. The zero-order valence-electron chi connectivity index (χ0n) is 8.23. The monoisotopic (exact) mass is 194 g/mol. The van der Waals surface area contributed by atoms with Crippen molar-refractivity contribution in [2.24, 2.45) is 0 Å². The van der Waals surface area contributed by atoms with Gasteiger partial charge in [0.15, 0.2) is 0 Å². The van der Waals surface area contributed by atoms with Crippen LogP contribution >= 0.6 is 0 Å². The van der Waals surface area contributed by atoms with E-state index in [4.69, 9.17) is 9.15 Å². The zero-order chi connectivity index (χ0) is 10.2. The Morgan fingerprint density at radius 3 is 3.14 bits per heavy atom. The second kappa shape index (κ2) is 6.02. The van der Waals surface area contributed by atoms with Crippen molar-refractivity contribution >= 4 is 5.97 Å². The Morgan fingerprint density at radius 2 is 2.50 bits per heavy atom. The molecule has 0 N–H and O–H groups in total. The van der Waals surface area contributed by atoms with E-state index in [1.165, 1.54) is 6.08 Å². The summed E-state index contributed by atoms with van der Waals surface area (Å²) in [6.07, 6.45) is 8.32. The summed E-state index contributed by atoms with van der Waals surface area (Å²) in [6, 6.07) is 1.91. The highest BCUT2D eigenvalue weighted by Gasteiger charge is 1.94. The first kappa shape index (κ1) is 10.6. The van der Waals surface area contributed by atoms with Crippen molar-refractivity contribution in [2.45, 2.75) is 19.8 Å². The lowest BCUT2D eigenvalue weighted by molar-refractivity contribution is -0.137. The van der Waals surface area contributed by atoms with Crippen LogP contribution in [0, 0.1) is 0 Å². The Hall–Kier alpha value is -1.51. The minimum absolute atomic E-state index is 0.278. The molecule has 14 heavy (non-hydrogen) atoms. The van der Waals surface area contributed by atoms with Crippen molar-refractivity contribution in [2.75, 3.05) is 6.61 Å². The molecule has 0 amide bonds. The molecule has 0 aromatic carbocycles. The Balaban J connectivity index is 2.18. The molecule has 0 saturated heterocycles. The Labute approximate surface area is 83.4 Å². The van der Waals surface area contributed by atoms with Crippen LogP contribution in [0.25, 0.3) is 0 Å². The fourth-order valence-electron chi connectivity index (χ4n) is 1.05. The molecule has 1 heterocycles. The van der Waals surface area contributed by atoms with Crippen LogP contribution in [0.5, 0.6) is 0 Å². The molecule has 0 unspecified atom stereocenters. The molecule has 76 valence electrons. The topological polar surface area (TPSA) is 39.4 Å². The maximum absolute atomic E-state index is 10.9. The predicted molar refractivity (Wildman–Crippen MR) is 52.8 cm³/mol. The van der Waals surface area contributed by atoms with Gasteiger partial charge in [-0.3, -0.25) is 0 Å². The standard InChI is InChI=1S/C11H14O3/c1-2-14-11(12)6-4-3-5-10-7-8-13-9-10/h4,6-9H,2-3,5H2,1H3/b6-4+. The molecular weight excluding hydrogens is 180 g/mol. The average molecular weight is 194 g/mol. The Bertz CT molecular complexity index is 285. The van der Waals surface area contributed by atoms with Gasteiger partial charge in [0.05, 0.1) is 19.1 Å². The van der Waals surface area contributed by atoms with Gasteiger partial charge in [-0.15, -0.1) is 0 Å². The van der Waals surface area contributed by atoms with E-state index in [9.17, 15) is 4.79 Å². The number of esters is 1. The molecular formula is C11H14O3. The summed E-state index contributed by atoms with van der Waals surface area (Å²) in [4.78, 5) is 10.9. The summed E-state index contributed by atoms with van der Waals surface area (Å²) in [5, 5.41) is 0. The number of carbonyl (C=O) groups excluding carboxylic acids is 1. The molecule has 0 aliphatic carbocycles. The van der Waals surface area contributed by atoms with Crippen LogP contribution in [0.1, 0.15) is 18.9 Å². The summed E-state index contributed by atoms with van der Waals surface area (Å²) in [5.74, 6) is -0.278. The fourth-order valence-corrected chi connectivity index (χ4v) is 1.05. The summed E-state index contributed by atoms with van der Waals surface area (Å²) in [6.45, 7) is 2.21. The van der Waals surface area contributed by atoms with Crippen molar-refractivity contribution in [3.05, 3.63) is 36.3 Å². The average Bonchev–Trinajstić information content (AvgIpc) is 2.65. The number of hydrogen-bond acceptors (Lipinski definition) is 3. The summed E-state index contributed by atoms with van der Waals surface area (Å²) >= 11 is 0. The number of ether oxygens (including phenoxy) is 1. The van der Waals surface area contributed by atoms with Gasteiger partial charge < -0.3 is 9.15 Å². The third kappa shape index (κ3) is 3.94. The van der Waals surface area contributed by atoms with E-state index in [1.807, 2.05) is 12.1 Å². The van der Waals surface area contributed by atoms with Crippen LogP contribution in [-0.2, 0) is 16.0 Å². The van der Waals surface area contributed by atoms with Crippen molar-refractivity contribution in [1.82, 2.24) is 0 Å². The molecule has 0 fully saturated rings. The van der Waals surface area contributed by atoms with E-state index in [1.54, 1.807) is 19.5 Å². The van der Waals surface area contributed by atoms with Gasteiger partial charge >= 0.3 is 5.97 Å². The van der Waals surface area contributed by atoms with Crippen molar-refractivity contribution in [3.8, 4) is 0 Å². The molecule has 1 rings (SSSR count). The number of allylic oxidation sites excluding steroid dienone is 1. The molecule has 1 aromatic rings. The van der Waals surface area contributed by atoms with E-state index >= 15 is 0 Å². The molecule has 0 atom stereocenters. The normalized spacial score (nSPS) is 10.6. The van der Waals surface area contributed by atoms with Gasteiger partial charge in [-0.25, -0.2) is 4.79 Å². The molecule has 3 heteroatoms. The van der Waals surface area contributed by atoms with E-state index < -0.39 is 0 Å². The highest BCUT2D eigenvalue weighted by Crippen LogP contribution is 2.03. The molecule has 0 aliphatic heterocycles. The Kier molecular flexibility index (Phi) is 4.55. The number of carbonyl (C=O) groups is 1. The maximum Gasteiger partial charge on any atom is 0.330 e. The minimum Gasteiger partial charge on any atom is -0.472 e. The second-order valence-corrected chi connectivity index (χ2v) is 2.82. The zero-order valence-corrected chi connectivity index (χ0v) is 8.23. The van der Waals surface area contributed by atoms with Crippen LogP contribution in [0.2, 0.25) is 0 Å². The maximum atomic E-state index is 10.9. The van der Waals surface area contributed by atoms with Gasteiger partial charge in [0.2, 0.25) is 0 Å². The third-order valence-electron chi connectivity index (χ3n) is 1.72. The molecule has 0 aliphatic rings. The van der Waals surface area contributed by atoms with Gasteiger partial charge in [0, 0.05) is 6.08 Å². The number of rotatable bonds is 5. The van der Waals surface area contributed by atoms with Crippen molar-refractivity contribution in [3.63, 3.8) is 0 Å². The van der Waals surface area contributed by atoms with Crippen molar-refractivity contribution < 1.29 is 13.9 Å². The lowest BCUT2D eigenvalue weighted by Gasteiger charge is -1.94. The first-order chi connectivity index (χ1) is 6.83. The summed E-state index contributed by atoms with van der Waals surface area (Å²) < 4.78 is 9.65. The summed E-state index contributed by atoms with van der Waals surface area (Å²) in [5.41, 5.74) is 1.14. The predicted octanol–water partition coefficient (Wildman–Crippen LogP) is 2.33. The Morgan fingerprint density at radius 1 is 1.64 bits per heavy atom. The van der Waals surface area contributed by atoms with E-state index in [0.717, 1.165) is 18.4 Å². The largest absolute Gasteiger partial charge is 0.472 e. The van der Waals surface area contributed by atoms with Crippen LogP contribution in [0.4, 0.5) is 0 Å². The first-order valence-electron chi connectivity index (χ1n) is 4.67. The quantitative estimate of drug-likeness (QED) is 0.533. The van der Waals surface area contributed by atoms with Crippen LogP contribution in [0.15, 0.2) is 35.2 Å². The van der Waals surface area contributed by atoms with Crippen LogP contribution < -0.4 is 0 Å². The van der Waals surface area contributed by atoms with Crippen LogP contribution in [0.3, 0.4) is 0 Å². The number of furan rings is 1. The van der Waals surface area contributed by atoms with E-state index in [2.05, 4.69) is 0 Å². The van der Waals surface area contributed by atoms with Crippen molar-refractivity contribution in [1.29, 1.82) is 0 Å². The van der Waals surface area contributed by atoms with Gasteiger partial charge in [0.1, 0.15) is 0 Å². The molecule has 3 nitrogen and oxygen atoms in total. The molecule has 1 aromatic heterocycles.